The molecule has 8 nitrogen and oxygen atoms in total. The van der Waals surface area contributed by atoms with Gasteiger partial charge in [-0.3, -0.25) is 4.79 Å². The van der Waals surface area contributed by atoms with Crippen molar-refractivity contribution in [3.05, 3.63) is 23.3 Å². The van der Waals surface area contributed by atoms with Crippen LogP contribution in [0.3, 0.4) is 0 Å². The van der Waals surface area contributed by atoms with Crippen LogP contribution in [0, 0.1) is 5.92 Å². The van der Waals surface area contributed by atoms with Crippen molar-refractivity contribution in [3.63, 3.8) is 0 Å². The molecule has 4 aliphatic rings. The third-order valence-corrected chi connectivity index (χ3v) is 7.85. The Bertz CT molecular complexity index is 914. The lowest BCUT2D eigenvalue weighted by molar-refractivity contribution is -0.153. The van der Waals surface area contributed by atoms with Crippen LogP contribution in [0.1, 0.15) is 37.3 Å². The van der Waals surface area contributed by atoms with Gasteiger partial charge < -0.3 is 24.2 Å². The van der Waals surface area contributed by atoms with Gasteiger partial charge in [-0.15, -0.1) is 0 Å². The highest BCUT2D eigenvalue weighted by Crippen LogP contribution is 2.66. The molecule has 28 heavy (non-hydrogen) atoms. The minimum Gasteiger partial charge on any atom is -0.475 e. The lowest BCUT2D eigenvalue weighted by Gasteiger charge is -2.60. The lowest BCUT2D eigenvalue weighted by Crippen LogP contribution is -2.70. The molecule has 1 saturated carbocycles. The molecule has 152 valence electrons. The molecular weight excluding hydrogens is 385 g/mol. The van der Waals surface area contributed by atoms with E-state index in [1.807, 2.05) is 13.0 Å². The number of piperidine rings is 1. The normalized spacial score (nSPS) is 36.1. The zero-order valence-corrected chi connectivity index (χ0v) is 16.8. The van der Waals surface area contributed by atoms with Gasteiger partial charge in [0.1, 0.15) is 0 Å². The molecule has 1 aromatic carbocycles. The molecule has 2 fully saturated rings. The van der Waals surface area contributed by atoms with E-state index < -0.39 is 20.2 Å². The fourth-order valence-electron chi connectivity index (χ4n) is 6.21. The maximum Gasteiger partial charge on any atom is 0.472 e. The Hall–Kier alpha value is -1.44. The number of Topliss-reactive ketones (excluding diaryl/α,β-unsaturated/α-hetero) is 1. The molecule has 0 aromatic heterocycles. The first kappa shape index (κ1) is 18.6. The zero-order valence-electron chi connectivity index (χ0n) is 15.9. The number of carbonyl (C=O) groups excluding carboxylic acids is 1. The number of rotatable bonds is 4. The molecule has 1 unspecified atom stereocenters. The molecule has 0 amide bonds. The van der Waals surface area contributed by atoms with Gasteiger partial charge in [0.25, 0.3) is 0 Å². The Morgan fingerprint density at radius 3 is 2.93 bits per heavy atom. The van der Waals surface area contributed by atoms with Crippen molar-refractivity contribution in [2.75, 3.05) is 20.4 Å². The summed E-state index contributed by atoms with van der Waals surface area (Å²) in [5, 5.41) is 0. The molecule has 9 heteroatoms. The number of hydrogen-bond donors (Lipinski definition) is 2. The summed E-state index contributed by atoms with van der Waals surface area (Å²) in [6, 6.07) is 4.12. The summed E-state index contributed by atoms with van der Waals surface area (Å²) in [5.74, 6) is 1.36. The summed E-state index contributed by atoms with van der Waals surface area (Å²) in [4.78, 5) is 33.3. The number of hydrogen-bond acceptors (Lipinski definition) is 6. The van der Waals surface area contributed by atoms with Crippen LogP contribution >= 0.6 is 7.82 Å². The Morgan fingerprint density at radius 1 is 1.39 bits per heavy atom. The Morgan fingerprint density at radius 2 is 2.18 bits per heavy atom. The standard InChI is InChI=1S/C19H24NO7P/c1-18-15(21)6-4-12-13-9-11-3-5-14(25-10-26-28(22,23)24)17(27-18)16(11)19(12,18)7-8-20(13)2/h3,5,12-13H,4,6-10H2,1-2H3,(H2,22,23,24)/t12-,13?,18-,19-/m0/s1. The molecule has 2 aliphatic heterocycles. The van der Waals surface area contributed by atoms with E-state index >= 15 is 0 Å². The van der Waals surface area contributed by atoms with E-state index in [2.05, 4.69) is 16.5 Å². The molecule has 0 radical (unpaired) electrons. The average Bonchev–Trinajstić information content (AvgIpc) is 2.90. The van der Waals surface area contributed by atoms with Crippen molar-refractivity contribution in [2.45, 2.75) is 49.7 Å². The Labute approximate surface area is 163 Å². The molecular formula is C19H24NO7P. The van der Waals surface area contributed by atoms with Crippen LogP contribution in [0.2, 0.25) is 0 Å². The zero-order chi connectivity index (χ0) is 19.9. The van der Waals surface area contributed by atoms with Crippen LogP contribution in [0.25, 0.3) is 0 Å². The monoisotopic (exact) mass is 409 g/mol. The van der Waals surface area contributed by atoms with Crippen molar-refractivity contribution in [1.29, 1.82) is 0 Å². The van der Waals surface area contributed by atoms with Crippen molar-refractivity contribution in [1.82, 2.24) is 4.90 Å². The van der Waals surface area contributed by atoms with E-state index in [0.29, 0.717) is 29.9 Å². The SMILES string of the molecule is CN1CC[C@]23c4c5ccc(OCOP(=O)(O)O)c4O[C@@]2(C)C(=O)CC[C@H]3C1C5. The number of carbonyl (C=O) groups is 1. The average molecular weight is 409 g/mol. The second-order valence-corrected chi connectivity index (χ2v) is 9.73. The summed E-state index contributed by atoms with van der Waals surface area (Å²) in [6.45, 7) is 2.22. The van der Waals surface area contributed by atoms with Gasteiger partial charge in [0.15, 0.2) is 22.9 Å². The highest BCUT2D eigenvalue weighted by atomic mass is 31.2. The first-order valence-corrected chi connectivity index (χ1v) is 11.1. The number of ketones is 1. The smallest absolute Gasteiger partial charge is 0.472 e. The molecule has 5 rings (SSSR count). The van der Waals surface area contributed by atoms with E-state index in [0.717, 1.165) is 31.4 Å². The number of likely N-dealkylation sites (tertiary alicyclic amines) is 1. The maximum absolute atomic E-state index is 13.1. The van der Waals surface area contributed by atoms with Gasteiger partial charge in [0.2, 0.25) is 6.79 Å². The van der Waals surface area contributed by atoms with Gasteiger partial charge in [-0.05, 0) is 57.3 Å². The maximum atomic E-state index is 13.1. The second-order valence-electron chi connectivity index (χ2n) is 8.49. The lowest BCUT2D eigenvalue weighted by atomic mass is 9.47. The van der Waals surface area contributed by atoms with Gasteiger partial charge in [0, 0.05) is 18.0 Å². The fraction of sp³-hybridized carbons (Fsp3) is 0.632. The Balaban J connectivity index is 1.63. The van der Waals surface area contributed by atoms with Gasteiger partial charge in [-0.1, -0.05) is 6.07 Å². The van der Waals surface area contributed by atoms with Crippen molar-refractivity contribution in [3.8, 4) is 11.5 Å². The van der Waals surface area contributed by atoms with E-state index in [9.17, 15) is 9.36 Å². The van der Waals surface area contributed by atoms with E-state index in [1.54, 1.807) is 6.07 Å². The first-order chi connectivity index (χ1) is 13.2. The van der Waals surface area contributed by atoms with Gasteiger partial charge in [-0.25, -0.2) is 9.09 Å². The minimum absolute atomic E-state index is 0.119. The number of ether oxygens (including phenoxy) is 2. The molecule has 1 aromatic rings. The molecule has 1 spiro atoms. The molecule has 1 saturated heterocycles. The van der Waals surface area contributed by atoms with Crippen LogP contribution in [0.4, 0.5) is 0 Å². The molecule has 2 bridgehead atoms. The van der Waals surface area contributed by atoms with Crippen LogP contribution in [0.5, 0.6) is 11.5 Å². The second kappa shape index (κ2) is 5.80. The van der Waals surface area contributed by atoms with Crippen molar-refractivity contribution in [2.24, 2.45) is 5.92 Å². The third-order valence-electron chi connectivity index (χ3n) is 7.41. The van der Waals surface area contributed by atoms with Crippen LogP contribution in [0.15, 0.2) is 12.1 Å². The minimum atomic E-state index is -4.63. The van der Waals surface area contributed by atoms with Crippen LogP contribution < -0.4 is 9.47 Å². The summed E-state index contributed by atoms with van der Waals surface area (Å²) < 4.78 is 27.3. The highest BCUT2D eigenvalue weighted by Gasteiger charge is 2.71. The third kappa shape index (κ3) is 2.27. The number of phosphoric ester groups is 1. The van der Waals surface area contributed by atoms with E-state index in [4.69, 9.17) is 19.3 Å². The molecule has 2 N–H and O–H groups in total. The van der Waals surface area contributed by atoms with Gasteiger partial charge in [-0.2, -0.15) is 0 Å². The van der Waals surface area contributed by atoms with Crippen molar-refractivity contribution >= 4 is 13.6 Å². The molecule has 2 aliphatic carbocycles. The number of phosphoric acid groups is 1. The fourth-order valence-corrected chi connectivity index (χ4v) is 6.40. The summed E-state index contributed by atoms with van der Waals surface area (Å²) >= 11 is 0. The quantitative estimate of drug-likeness (QED) is 0.573. The highest BCUT2D eigenvalue weighted by molar-refractivity contribution is 7.46. The number of likely N-dealkylation sites (N-methyl/N-ethyl adjacent to an activating group) is 1. The van der Waals surface area contributed by atoms with Crippen LogP contribution in [-0.2, 0) is 25.7 Å². The van der Waals surface area contributed by atoms with E-state index in [1.165, 1.54) is 5.56 Å². The van der Waals surface area contributed by atoms with Crippen molar-refractivity contribution < 1.29 is 33.1 Å². The first-order valence-electron chi connectivity index (χ1n) is 9.59. The number of nitrogens with zero attached hydrogens (tertiary/aromatic N) is 1. The molecule has 2 heterocycles. The number of benzene rings is 1. The predicted octanol–water partition coefficient (Wildman–Crippen LogP) is 1.76. The predicted molar refractivity (Wildman–Crippen MR) is 98.2 cm³/mol. The van der Waals surface area contributed by atoms with Gasteiger partial charge in [0.05, 0.1) is 5.41 Å². The Kier molecular flexibility index (Phi) is 3.85. The summed E-state index contributed by atoms with van der Waals surface area (Å²) in [5.41, 5.74) is 0.929. The van der Waals surface area contributed by atoms with Gasteiger partial charge >= 0.3 is 7.82 Å². The summed E-state index contributed by atoms with van der Waals surface area (Å²) in [7, 11) is -2.47. The van der Waals surface area contributed by atoms with Crippen LogP contribution in [-0.4, -0.2) is 52.5 Å². The molecule has 4 atom stereocenters. The topological polar surface area (TPSA) is 106 Å². The largest absolute Gasteiger partial charge is 0.475 e. The van der Waals surface area contributed by atoms with E-state index in [-0.39, 0.29) is 11.2 Å². The summed E-state index contributed by atoms with van der Waals surface area (Å²) in [6.07, 6.45) is 3.11.